The van der Waals surface area contributed by atoms with Crippen molar-refractivity contribution in [2.75, 3.05) is 24.4 Å². The third-order valence-electron chi connectivity index (χ3n) is 3.01. The number of nitrogens with zero attached hydrogens (tertiary/aromatic N) is 2. The molecule has 2 aromatic carbocycles. The third kappa shape index (κ3) is 3.99. The number of halogens is 1. The molecule has 0 atom stereocenters. The molecule has 6 heteroatoms. The van der Waals surface area contributed by atoms with Gasteiger partial charge in [-0.05, 0) is 35.9 Å². The Kier molecular flexibility index (Phi) is 5.01. The van der Waals surface area contributed by atoms with E-state index in [2.05, 4.69) is 10.5 Å². The normalized spacial score (nSPS) is 10.7. The highest BCUT2D eigenvalue weighted by Gasteiger charge is 2.08. The van der Waals surface area contributed by atoms with Crippen molar-refractivity contribution in [2.45, 2.75) is 0 Å². The molecule has 0 aliphatic rings. The van der Waals surface area contributed by atoms with Gasteiger partial charge < -0.3 is 10.0 Å². The van der Waals surface area contributed by atoms with E-state index in [1.165, 1.54) is 12.1 Å². The number of aromatic carboxylic acids is 1. The Balaban J connectivity index is 2.06. The van der Waals surface area contributed by atoms with Crippen LogP contribution in [0.15, 0.2) is 47.6 Å². The van der Waals surface area contributed by atoms with Crippen molar-refractivity contribution in [3.8, 4) is 0 Å². The summed E-state index contributed by atoms with van der Waals surface area (Å²) >= 11 is 5.81. The molecule has 0 heterocycles. The fraction of sp³-hybridized carbons (Fsp3) is 0.125. The lowest BCUT2D eigenvalue weighted by Gasteiger charge is -2.11. The molecule has 0 aliphatic carbocycles. The minimum absolute atomic E-state index is 0.0391. The molecule has 22 heavy (non-hydrogen) atoms. The maximum absolute atomic E-state index is 11.0. The van der Waals surface area contributed by atoms with Crippen LogP contribution in [0.25, 0.3) is 0 Å². The Bertz CT molecular complexity index is 697. The van der Waals surface area contributed by atoms with Gasteiger partial charge in [0.1, 0.15) is 0 Å². The lowest BCUT2D eigenvalue weighted by Crippen LogP contribution is -2.08. The molecule has 0 amide bonds. The number of nitrogens with one attached hydrogen (secondary N) is 1. The number of rotatable bonds is 5. The van der Waals surface area contributed by atoms with Gasteiger partial charge in [-0.2, -0.15) is 5.10 Å². The number of anilines is 2. The molecule has 0 aromatic heterocycles. The third-order valence-corrected chi connectivity index (χ3v) is 3.34. The molecule has 2 rings (SSSR count). The van der Waals surface area contributed by atoms with Crippen LogP contribution in [0.1, 0.15) is 15.9 Å². The molecular formula is C16H16ClN3O2. The summed E-state index contributed by atoms with van der Waals surface area (Å²) in [6.45, 7) is 0. The summed E-state index contributed by atoms with van der Waals surface area (Å²) in [5.41, 5.74) is 5.43. The number of carboxylic acid groups (broad SMARTS) is 1. The van der Waals surface area contributed by atoms with E-state index in [-0.39, 0.29) is 10.6 Å². The molecule has 0 fully saturated rings. The SMILES string of the molecule is CN(C)c1ccc(C=NNc2ccc(Cl)c(C(=O)O)c2)cc1. The first kappa shape index (κ1) is 15.9. The van der Waals surface area contributed by atoms with Crippen molar-refractivity contribution in [2.24, 2.45) is 5.10 Å². The first-order valence-electron chi connectivity index (χ1n) is 6.56. The highest BCUT2D eigenvalue weighted by Crippen LogP contribution is 2.20. The summed E-state index contributed by atoms with van der Waals surface area (Å²) < 4.78 is 0. The Hall–Kier alpha value is -2.53. The predicted octanol–water partition coefficient (Wildman–Crippen LogP) is 3.55. The lowest BCUT2D eigenvalue weighted by atomic mass is 10.2. The monoisotopic (exact) mass is 317 g/mol. The molecule has 0 bridgehead atoms. The second-order valence-electron chi connectivity index (χ2n) is 4.86. The van der Waals surface area contributed by atoms with Gasteiger partial charge in [0.05, 0.1) is 22.5 Å². The first-order valence-corrected chi connectivity index (χ1v) is 6.94. The second-order valence-corrected chi connectivity index (χ2v) is 5.26. The molecule has 114 valence electrons. The molecule has 0 saturated carbocycles. The van der Waals surface area contributed by atoms with Gasteiger partial charge in [-0.1, -0.05) is 23.7 Å². The fourth-order valence-electron chi connectivity index (χ4n) is 1.80. The summed E-state index contributed by atoms with van der Waals surface area (Å²) in [6, 6.07) is 12.5. The van der Waals surface area contributed by atoms with E-state index < -0.39 is 5.97 Å². The van der Waals surface area contributed by atoms with Gasteiger partial charge in [-0.15, -0.1) is 0 Å². The van der Waals surface area contributed by atoms with Gasteiger partial charge in [0.25, 0.3) is 0 Å². The van der Waals surface area contributed by atoms with Crippen LogP contribution >= 0.6 is 11.6 Å². The number of carboxylic acids is 1. The fourth-order valence-corrected chi connectivity index (χ4v) is 2.00. The predicted molar refractivity (Wildman–Crippen MR) is 90.4 cm³/mol. The van der Waals surface area contributed by atoms with Crippen LogP contribution in [0.5, 0.6) is 0 Å². The van der Waals surface area contributed by atoms with Crippen LogP contribution in [0.3, 0.4) is 0 Å². The maximum Gasteiger partial charge on any atom is 0.337 e. The number of hydrogen-bond donors (Lipinski definition) is 2. The van der Waals surface area contributed by atoms with E-state index in [9.17, 15) is 4.79 Å². The standard InChI is InChI=1S/C16H16ClN3O2/c1-20(2)13-6-3-11(4-7-13)10-18-19-12-5-8-15(17)14(9-12)16(21)22/h3-10,19H,1-2H3,(H,21,22). The van der Waals surface area contributed by atoms with Crippen LogP contribution in [-0.2, 0) is 0 Å². The number of benzene rings is 2. The number of carbonyl (C=O) groups is 1. The highest BCUT2D eigenvalue weighted by atomic mass is 35.5. The van der Waals surface area contributed by atoms with Crippen LogP contribution < -0.4 is 10.3 Å². The summed E-state index contributed by atoms with van der Waals surface area (Å²) in [5, 5.41) is 13.3. The summed E-state index contributed by atoms with van der Waals surface area (Å²) in [4.78, 5) is 13.0. The lowest BCUT2D eigenvalue weighted by molar-refractivity contribution is 0.0697. The van der Waals surface area contributed by atoms with Crippen molar-refractivity contribution in [1.82, 2.24) is 0 Å². The quantitative estimate of drug-likeness (QED) is 0.654. The highest BCUT2D eigenvalue weighted by molar-refractivity contribution is 6.33. The number of hydrazone groups is 1. The van der Waals surface area contributed by atoms with Crippen molar-refractivity contribution in [3.05, 3.63) is 58.6 Å². The van der Waals surface area contributed by atoms with E-state index >= 15 is 0 Å². The zero-order chi connectivity index (χ0) is 16.1. The Morgan fingerprint density at radius 1 is 1.23 bits per heavy atom. The number of hydrogen-bond acceptors (Lipinski definition) is 4. The van der Waals surface area contributed by atoms with Gasteiger partial charge in [0.2, 0.25) is 0 Å². The van der Waals surface area contributed by atoms with E-state index in [4.69, 9.17) is 16.7 Å². The van der Waals surface area contributed by atoms with Gasteiger partial charge in [-0.25, -0.2) is 4.79 Å². The van der Waals surface area contributed by atoms with Crippen molar-refractivity contribution < 1.29 is 9.90 Å². The van der Waals surface area contributed by atoms with Crippen molar-refractivity contribution in [1.29, 1.82) is 0 Å². The zero-order valence-corrected chi connectivity index (χ0v) is 13.0. The molecule has 0 spiro atoms. The zero-order valence-electron chi connectivity index (χ0n) is 12.2. The molecule has 2 aromatic rings. The van der Waals surface area contributed by atoms with E-state index in [0.29, 0.717) is 5.69 Å². The first-order chi connectivity index (χ1) is 10.5. The van der Waals surface area contributed by atoms with Crippen molar-refractivity contribution in [3.63, 3.8) is 0 Å². The minimum atomic E-state index is -1.07. The molecule has 2 N–H and O–H groups in total. The van der Waals surface area contributed by atoms with Crippen LogP contribution in [0.2, 0.25) is 5.02 Å². The Labute approximate surface area is 133 Å². The summed E-state index contributed by atoms with van der Waals surface area (Å²) in [5.74, 6) is -1.07. The van der Waals surface area contributed by atoms with Crippen LogP contribution in [-0.4, -0.2) is 31.4 Å². The van der Waals surface area contributed by atoms with E-state index in [0.717, 1.165) is 11.3 Å². The van der Waals surface area contributed by atoms with Crippen LogP contribution in [0, 0.1) is 0 Å². The maximum atomic E-state index is 11.0. The van der Waals surface area contributed by atoms with Crippen molar-refractivity contribution >= 4 is 35.2 Å². The van der Waals surface area contributed by atoms with Gasteiger partial charge >= 0.3 is 5.97 Å². The van der Waals surface area contributed by atoms with E-state index in [1.807, 2.05) is 43.3 Å². The molecule has 5 nitrogen and oxygen atoms in total. The van der Waals surface area contributed by atoms with Crippen LogP contribution in [0.4, 0.5) is 11.4 Å². The molecule has 0 unspecified atom stereocenters. The van der Waals surface area contributed by atoms with Gasteiger partial charge in [0.15, 0.2) is 0 Å². The molecule has 0 saturated heterocycles. The van der Waals surface area contributed by atoms with Gasteiger partial charge in [0, 0.05) is 19.8 Å². The minimum Gasteiger partial charge on any atom is -0.478 e. The smallest absolute Gasteiger partial charge is 0.337 e. The summed E-state index contributed by atoms with van der Waals surface area (Å²) in [6.07, 6.45) is 1.66. The second kappa shape index (κ2) is 6.95. The topological polar surface area (TPSA) is 64.9 Å². The average molecular weight is 318 g/mol. The summed E-state index contributed by atoms with van der Waals surface area (Å²) in [7, 11) is 3.95. The average Bonchev–Trinajstić information content (AvgIpc) is 2.49. The Morgan fingerprint density at radius 2 is 1.91 bits per heavy atom. The van der Waals surface area contributed by atoms with E-state index in [1.54, 1.807) is 12.3 Å². The largest absolute Gasteiger partial charge is 0.478 e. The molecular weight excluding hydrogens is 302 g/mol. The Morgan fingerprint density at radius 3 is 2.50 bits per heavy atom. The molecule has 0 aliphatic heterocycles. The molecule has 0 radical (unpaired) electrons. The van der Waals surface area contributed by atoms with Gasteiger partial charge in [-0.3, -0.25) is 5.43 Å².